The zero-order valence-corrected chi connectivity index (χ0v) is 11.3. The van der Waals surface area contributed by atoms with Crippen molar-refractivity contribution in [1.82, 2.24) is 4.98 Å². The summed E-state index contributed by atoms with van der Waals surface area (Å²) in [6, 6.07) is 6.53. The van der Waals surface area contributed by atoms with Gasteiger partial charge >= 0.3 is 0 Å². The van der Waals surface area contributed by atoms with Gasteiger partial charge in [-0.3, -0.25) is 10.1 Å². The molecule has 0 atom stereocenters. The lowest BCUT2D eigenvalue weighted by atomic mass is 10.1. The summed E-state index contributed by atoms with van der Waals surface area (Å²) >= 11 is 5.95. The number of rotatable bonds is 4. The first-order valence-electron chi connectivity index (χ1n) is 5.87. The molecule has 5 nitrogen and oxygen atoms in total. The highest BCUT2D eigenvalue weighted by atomic mass is 35.5. The second kappa shape index (κ2) is 5.83. The third-order valence-electron chi connectivity index (χ3n) is 2.61. The zero-order valence-electron chi connectivity index (χ0n) is 10.6. The smallest absolute Gasteiger partial charge is 0.295 e. The molecule has 0 fully saturated rings. The summed E-state index contributed by atoms with van der Waals surface area (Å²) in [5.41, 5.74) is 0.248. The number of nitrogens with one attached hydrogen (secondary N) is 1. The van der Waals surface area contributed by atoms with Crippen molar-refractivity contribution in [3.05, 3.63) is 51.3 Å². The highest BCUT2D eigenvalue weighted by Gasteiger charge is 2.20. The third-order valence-corrected chi connectivity index (χ3v) is 2.93. The summed E-state index contributed by atoms with van der Waals surface area (Å²) in [4.78, 5) is 14.7. The highest BCUT2D eigenvalue weighted by molar-refractivity contribution is 6.33. The van der Waals surface area contributed by atoms with Gasteiger partial charge in [-0.25, -0.2) is 9.37 Å². The monoisotopic (exact) mass is 295 g/mol. The number of nitrogens with zero attached hydrogens (tertiary/aromatic N) is 2. The summed E-state index contributed by atoms with van der Waals surface area (Å²) in [6.45, 7) is 2.51. The van der Waals surface area contributed by atoms with Crippen LogP contribution < -0.4 is 5.32 Å². The zero-order chi connectivity index (χ0) is 14.7. The minimum absolute atomic E-state index is 0.0780. The van der Waals surface area contributed by atoms with Gasteiger partial charge < -0.3 is 5.32 Å². The molecular weight excluding hydrogens is 285 g/mol. The number of nitro groups is 1. The van der Waals surface area contributed by atoms with Crippen molar-refractivity contribution in [3.63, 3.8) is 0 Å². The maximum absolute atomic E-state index is 13.1. The number of anilines is 1. The van der Waals surface area contributed by atoms with Crippen LogP contribution >= 0.6 is 11.6 Å². The van der Waals surface area contributed by atoms with E-state index < -0.39 is 10.7 Å². The number of aromatic nitrogens is 1. The molecule has 0 aliphatic rings. The average molecular weight is 296 g/mol. The van der Waals surface area contributed by atoms with E-state index in [0.717, 1.165) is 6.07 Å². The first-order chi connectivity index (χ1) is 9.52. The van der Waals surface area contributed by atoms with Crippen molar-refractivity contribution >= 4 is 23.1 Å². The fourth-order valence-electron chi connectivity index (χ4n) is 1.76. The van der Waals surface area contributed by atoms with E-state index in [2.05, 4.69) is 10.3 Å². The molecule has 0 amide bonds. The van der Waals surface area contributed by atoms with E-state index in [1.807, 2.05) is 6.92 Å². The molecule has 0 bridgehead atoms. The Morgan fingerprint density at radius 3 is 2.75 bits per heavy atom. The molecule has 1 heterocycles. The Morgan fingerprint density at radius 1 is 1.40 bits per heavy atom. The maximum Gasteiger partial charge on any atom is 0.295 e. The first-order valence-corrected chi connectivity index (χ1v) is 6.25. The molecule has 0 aliphatic carbocycles. The summed E-state index contributed by atoms with van der Waals surface area (Å²) in [5.74, 6) is -0.0160. The summed E-state index contributed by atoms with van der Waals surface area (Å²) in [6.07, 6.45) is 0. The number of pyridine rings is 1. The molecule has 0 saturated heterocycles. The van der Waals surface area contributed by atoms with Gasteiger partial charge in [0, 0.05) is 18.2 Å². The lowest BCUT2D eigenvalue weighted by molar-refractivity contribution is -0.384. The van der Waals surface area contributed by atoms with Gasteiger partial charge in [0.2, 0.25) is 0 Å². The van der Waals surface area contributed by atoms with Crippen LogP contribution in [0.1, 0.15) is 6.92 Å². The van der Waals surface area contributed by atoms with Crippen molar-refractivity contribution in [2.24, 2.45) is 0 Å². The molecular formula is C13H11ClFN3O2. The lowest BCUT2D eigenvalue weighted by Crippen LogP contribution is -2.02. The van der Waals surface area contributed by atoms with Crippen molar-refractivity contribution in [1.29, 1.82) is 0 Å². The number of benzene rings is 1. The summed E-state index contributed by atoms with van der Waals surface area (Å²) in [7, 11) is 0. The van der Waals surface area contributed by atoms with Crippen LogP contribution in [0.5, 0.6) is 0 Å². The Bertz CT molecular complexity index is 664. The molecule has 1 aromatic carbocycles. The van der Waals surface area contributed by atoms with E-state index in [0.29, 0.717) is 17.9 Å². The third kappa shape index (κ3) is 2.85. The molecule has 0 spiro atoms. The molecule has 1 aromatic heterocycles. The number of hydrogen-bond donors (Lipinski definition) is 1. The lowest BCUT2D eigenvalue weighted by Gasteiger charge is -2.08. The van der Waals surface area contributed by atoms with E-state index in [-0.39, 0.29) is 16.4 Å². The average Bonchev–Trinajstić information content (AvgIpc) is 2.38. The first kappa shape index (κ1) is 14.2. The molecule has 20 heavy (non-hydrogen) atoms. The van der Waals surface area contributed by atoms with Crippen LogP contribution in [-0.2, 0) is 0 Å². The second-order valence-corrected chi connectivity index (χ2v) is 4.38. The Balaban J connectivity index is 2.62. The van der Waals surface area contributed by atoms with Crippen LogP contribution in [0.15, 0.2) is 30.3 Å². The minimum atomic E-state index is -0.544. The molecule has 0 aliphatic heterocycles. The maximum atomic E-state index is 13.1. The van der Waals surface area contributed by atoms with Gasteiger partial charge in [-0.2, -0.15) is 0 Å². The van der Waals surface area contributed by atoms with Crippen LogP contribution in [0.4, 0.5) is 15.9 Å². The molecule has 0 saturated carbocycles. The van der Waals surface area contributed by atoms with Crippen molar-refractivity contribution in [2.75, 3.05) is 11.9 Å². The number of hydrogen-bond acceptors (Lipinski definition) is 4. The van der Waals surface area contributed by atoms with Crippen LogP contribution in [-0.4, -0.2) is 16.5 Å². The van der Waals surface area contributed by atoms with E-state index in [9.17, 15) is 14.5 Å². The molecule has 2 rings (SSSR count). The Hall–Kier alpha value is -2.21. The normalized spacial score (nSPS) is 10.3. The number of halogens is 2. The minimum Gasteiger partial charge on any atom is -0.370 e. The van der Waals surface area contributed by atoms with Gasteiger partial charge in [0.05, 0.1) is 9.95 Å². The van der Waals surface area contributed by atoms with Crippen LogP contribution in [0, 0.1) is 15.9 Å². The molecule has 104 valence electrons. The Kier molecular flexibility index (Phi) is 4.14. The Morgan fingerprint density at radius 2 is 2.15 bits per heavy atom. The van der Waals surface area contributed by atoms with Crippen LogP contribution in [0.3, 0.4) is 0 Å². The van der Waals surface area contributed by atoms with E-state index in [4.69, 9.17) is 11.6 Å². The topological polar surface area (TPSA) is 68.1 Å². The van der Waals surface area contributed by atoms with Crippen molar-refractivity contribution in [2.45, 2.75) is 6.92 Å². The molecule has 7 heteroatoms. The fraction of sp³-hybridized carbons (Fsp3) is 0.154. The van der Waals surface area contributed by atoms with Gasteiger partial charge in [0.25, 0.3) is 5.69 Å². The fourth-order valence-corrected chi connectivity index (χ4v) is 2.02. The summed E-state index contributed by atoms with van der Waals surface area (Å²) in [5, 5.41) is 14.1. The van der Waals surface area contributed by atoms with Crippen LogP contribution in [0.25, 0.3) is 11.3 Å². The highest BCUT2D eigenvalue weighted by Crippen LogP contribution is 2.34. The predicted molar refractivity (Wildman–Crippen MR) is 75.5 cm³/mol. The molecule has 1 N–H and O–H groups in total. The van der Waals surface area contributed by atoms with Gasteiger partial charge in [-0.15, -0.1) is 0 Å². The second-order valence-electron chi connectivity index (χ2n) is 3.98. The Labute approximate surface area is 119 Å². The quantitative estimate of drug-likeness (QED) is 0.686. The molecule has 2 aromatic rings. The van der Waals surface area contributed by atoms with Gasteiger partial charge in [-0.1, -0.05) is 11.6 Å². The molecule has 0 unspecified atom stereocenters. The van der Waals surface area contributed by atoms with Gasteiger partial charge in [0.15, 0.2) is 5.69 Å². The van der Waals surface area contributed by atoms with Gasteiger partial charge in [-0.05, 0) is 31.2 Å². The standard InChI is InChI=1S/C13H11ClFN3O2/c1-2-16-12-6-5-11(18(19)20)13(17-12)9-4-3-8(15)7-10(9)14/h3-7H,2H2,1H3,(H,16,17). The van der Waals surface area contributed by atoms with E-state index in [1.54, 1.807) is 0 Å². The summed E-state index contributed by atoms with van der Waals surface area (Å²) < 4.78 is 13.1. The molecule has 0 radical (unpaired) electrons. The largest absolute Gasteiger partial charge is 0.370 e. The van der Waals surface area contributed by atoms with Crippen molar-refractivity contribution < 1.29 is 9.31 Å². The van der Waals surface area contributed by atoms with Gasteiger partial charge in [0.1, 0.15) is 11.6 Å². The van der Waals surface area contributed by atoms with Crippen LogP contribution in [0.2, 0.25) is 5.02 Å². The van der Waals surface area contributed by atoms with Crippen molar-refractivity contribution in [3.8, 4) is 11.3 Å². The SMILES string of the molecule is CCNc1ccc([N+](=O)[O-])c(-c2ccc(F)cc2Cl)n1. The van der Waals surface area contributed by atoms with E-state index >= 15 is 0 Å². The predicted octanol–water partition coefficient (Wildman–Crippen LogP) is 3.88. The van der Waals surface area contributed by atoms with E-state index in [1.165, 1.54) is 24.3 Å².